The number of hydrogen-bond acceptors (Lipinski definition) is 3. The molecule has 0 bridgehead atoms. The van der Waals surface area contributed by atoms with E-state index >= 15 is 0 Å². The summed E-state index contributed by atoms with van der Waals surface area (Å²) in [4.78, 5) is 0.0731. The lowest BCUT2D eigenvalue weighted by Gasteiger charge is -2.40. The first-order valence-corrected chi connectivity index (χ1v) is 11.0. The minimum absolute atomic E-state index is 0.00833. The van der Waals surface area contributed by atoms with Gasteiger partial charge in [0, 0.05) is 6.04 Å². The van der Waals surface area contributed by atoms with Crippen molar-refractivity contribution in [1.82, 2.24) is 5.32 Å². The molecule has 0 radical (unpaired) electrons. The maximum Gasteiger partial charge on any atom is 0.189 e. The van der Waals surface area contributed by atoms with Gasteiger partial charge in [-0.15, -0.1) is 0 Å². The molecular formula is C22H26FNO2S. The van der Waals surface area contributed by atoms with Crippen LogP contribution < -0.4 is 5.32 Å². The molecule has 2 aromatic rings. The zero-order chi connectivity index (χ0) is 19.4. The molecule has 1 aliphatic heterocycles. The standard InChI is InChI=1S/C22H26FNO2S/c1-21(2,3)16-8-9-19-15(13-16)7-10-20-22(19,11-12-24-20)27(25,26)18-6-4-5-17(23)14-18/h4-6,8-9,13-14,20,24H,7,10-12H2,1-3H3. The molecule has 1 heterocycles. The van der Waals surface area contributed by atoms with Crippen molar-refractivity contribution < 1.29 is 12.8 Å². The molecule has 1 fully saturated rings. The first-order valence-electron chi connectivity index (χ1n) is 9.54. The lowest BCUT2D eigenvalue weighted by atomic mass is 9.76. The van der Waals surface area contributed by atoms with E-state index in [2.05, 4.69) is 38.2 Å². The number of aryl methyl sites for hydroxylation is 1. The Morgan fingerprint density at radius 3 is 2.63 bits per heavy atom. The molecule has 4 rings (SSSR count). The van der Waals surface area contributed by atoms with Gasteiger partial charge in [-0.1, -0.05) is 45.0 Å². The third-order valence-electron chi connectivity index (χ3n) is 6.17. The van der Waals surface area contributed by atoms with Crippen LogP contribution in [0.1, 0.15) is 50.3 Å². The topological polar surface area (TPSA) is 46.2 Å². The molecule has 5 heteroatoms. The highest BCUT2D eigenvalue weighted by atomic mass is 32.2. The van der Waals surface area contributed by atoms with Crippen LogP contribution in [-0.2, 0) is 26.4 Å². The number of halogens is 1. The Kier molecular flexibility index (Phi) is 4.24. The molecule has 3 nitrogen and oxygen atoms in total. The lowest BCUT2D eigenvalue weighted by molar-refractivity contribution is 0.415. The molecule has 0 saturated carbocycles. The second-order valence-corrected chi connectivity index (χ2v) is 11.0. The van der Waals surface area contributed by atoms with Crippen LogP contribution >= 0.6 is 0 Å². The van der Waals surface area contributed by atoms with Gasteiger partial charge >= 0.3 is 0 Å². The van der Waals surface area contributed by atoms with Crippen LogP contribution in [0, 0.1) is 5.82 Å². The van der Waals surface area contributed by atoms with Crippen LogP contribution in [0.2, 0.25) is 0 Å². The summed E-state index contributed by atoms with van der Waals surface area (Å²) in [5.74, 6) is -0.519. The van der Waals surface area contributed by atoms with Gasteiger partial charge in [0.25, 0.3) is 0 Å². The maximum atomic E-state index is 13.8. The molecule has 0 spiro atoms. The van der Waals surface area contributed by atoms with Crippen LogP contribution in [0.15, 0.2) is 47.4 Å². The van der Waals surface area contributed by atoms with E-state index in [4.69, 9.17) is 0 Å². The first kappa shape index (κ1) is 18.6. The lowest BCUT2D eigenvalue weighted by Crippen LogP contribution is -2.49. The van der Waals surface area contributed by atoms with E-state index in [1.807, 2.05) is 6.07 Å². The molecule has 27 heavy (non-hydrogen) atoms. The Hall–Kier alpha value is -1.72. The van der Waals surface area contributed by atoms with Crippen LogP contribution in [0.3, 0.4) is 0 Å². The molecule has 2 aliphatic rings. The van der Waals surface area contributed by atoms with Crippen molar-refractivity contribution in [1.29, 1.82) is 0 Å². The smallest absolute Gasteiger partial charge is 0.189 e. The minimum atomic E-state index is -3.75. The molecule has 2 aromatic carbocycles. The quantitative estimate of drug-likeness (QED) is 0.844. The van der Waals surface area contributed by atoms with Gasteiger partial charge < -0.3 is 5.32 Å². The fourth-order valence-corrected chi connectivity index (χ4v) is 7.10. The number of rotatable bonds is 2. The highest BCUT2D eigenvalue weighted by molar-refractivity contribution is 7.92. The highest BCUT2D eigenvalue weighted by Crippen LogP contribution is 2.50. The van der Waals surface area contributed by atoms with Crippen molar-refractivity contribution in [2.45, 2.75) is 61.1 Å². The van der Waals surface area contributed by atoms with Crippen molar-refractivity contribution >= 4 is 9.84 Å². The van der Waals surface area contributed by atoms with E-state index in [1.54, 1.807) is 0 Å². The monoisotopic (exact) mass is 387 g/mol. The average molecular weight is 388 g/mol. The fraction of sp³-hybridized carbons (Fsp3) is 0.455. The van der Waals surface area contributed by atoms with Gasteiger partial charge in [-0.25, -0.2) is 12.8 Å². The summed E-state index contributed by atoms with van der Waals surface area (Å²) in [5.41, 5.74) is 3.22. The molecular weight excluding hydrogens is 361 g/mol. The Morgan fingerprint density at radius 1 is 1.15 bits per heavy atom. The summed E-state index contributed by atoms with van der Waals surface area (Å²) in [5, 5.41) is 3.40. The van der Waals surface area contributed by atoms with Crippen molar-refractivity contribution in [2.24, 2.45) is 0 Å². The normalized spacial score (nSPS) is 25.1. The Morgan fingerprint density at radius 2 is 1.93 bits per heavy atom. The van der Waals surface area contributed by atoms with Gasteiger partial charge in [0.05, 0.1) is 4.90 Å². The fourth-order valence-electron chi connectivity index (χ4n) is 4.72. The van der Waals surface area contributed by atoms with E-state index in [9.17, 15) is 12.8 Å². The highest BCUT2D eigenvalue weighted by Gasteiger charge is 2.57. The molecule has 0 aromatic heterocycles. The van der Waals surface area contributed by atoms with Crippen LogP contribution in [0.5, 0.6) is 0 Å². The molecule has 144 valence electrons. The molecule has 0 amide bonds. The SMILES string of the molecule is CC(C)(C)c1ccc2c(c1)CCC1NCCC21S(=O)(=O)c1cccc(F)c1. The number of hydrogen-bond donors (Lipinski definition) is 1. The predicted octanol–water partition coefficient (Wildman–Crippen LogP) is 4.10. The molecule has 1 N–H and O–H groups in total. The van der Waals surface area contributed by atoms with Gasteiger partial charge in [-0.3, -0.25) is 0 Å². The summed E-state index contributed by atoms with van der Waals surface area (Å²) in [6.45, 7) is 7.14. The van der Waals surface area contributed by atoms with Crippen molar-refractivity contribution in [3.8, 4) is 0 Å². The summed E-state index contributed by atoms with van der Waals surface area (Å²) >= 11 is 0. The van der Waals surface area contributed by atoms with Crippen LogP contribution in [-0.4, -0.2) is 21.0 Å². The van der Waals surface area contributed by atoms with Gasteiger partial charge in [-0.05, 0) is 66.1 Å². The van der Waals surface area contributed by atoms with E-state index in [1.165, 1.54) is 23.8 Å². The zero-order valence-corrected chi connectivity index (χ0v) is 16.9. The van der Waals surface area contributed by atoms with Gasteiger partial charge in [0.2, 0.25) is 0 Å². The van der Waals surface area contributed by atoms with E-state index in [0.29, 0.717) is 13.0 Å². The Balaban J connectivity index is 1.93. The second kappa shape index (κ2) is 6.14. The molecule has 2 atom stereocenters. The van der Waals surface area contributed by atoms with Gasteiger partial charge in [-0.2, -0.15) is 0 Å². The van der Waals surface area contributed by atoms with Crippen molar-refractivity contribution in [2.75, 3.05) is 6.54 Å². The molecule has 1 aliphatic carbocycles. The number of fused-ring (bicyclic) bond motifs is 3. The summed E-state index contributed by atoms with van der Waals surface area (Å²) in [6.07, 6.45) is 2.14. The van der Waals surface area contributed by atoms with Gasteiger partial charge in [0.1, 0.15) is 10.6 Å². The van der Waals surface area contributed by atoms with E-state index in [-0.39, 0.29) is 16.4 Å². The van der Waals surface area contributed by atoms with E-state index in [0.717, 1.165) is 30.0 Å². The third kappa shape index (κ3) is 2.74. The number of nitrogens with one attached hydrogen (secondary N) is 1. The largest absolute Gasteiger partial charge is 0.312 e. The molecule has 2 unspecified atom stereocenters. The van der Waals surface area contributed by atoms with Crippen LogP contribution in [0.4, 0.5) is 4.39 Å². The third-order valence-corrected chi connectivity index (χ3v) is 8.71. The summed E-state index contributed by atoms with van der Waals surface area (Å²) in [7, 11) is -3.75. The summed E-state index contributed by atoms with van der Waals surface area (Å²) < 4.78 is 40.3. The number of sulfone groups is 1. The Bertz CT molecular complexity index is 994. The van der Waals surface area contributed by atoms with E-state index < -0.39 is 20.4 Å². The second-order valence-electron chi connectivity index (χ2n) is 8.77. The minimum Gasteiger partial charge on any atom is -0.312 e. The van der Waals surface area contributed by atoms with Crippen molar-refractivity contribution in [3.05, 3.63) is 65.0 Å². The maximum absolute atomic E-state index is 13.8. The molecule has 1 saturated heterocycles. The van der Waals surface area contributed by atoms with Crippen molar-refractivity contribution in [3.63, 3.8) is 0 Å². The predicted molar refractivity (Wildman–Crippen MR) is 105 cm³/mol. The van der Waals surface area contributed by atoms with Crippen LogP contribution in [0.25, 0.3) is 0 Å². The van der Waals surface area contributed by atoms with Gasteiger partial charge in [0.15, 0.2) is 9.84 Å². The first-order chi connectivity index (χ1) is 12.7. The average Bonchev–Trinajstić information content (AvgIpc) is 3.06. The zero-order valence-electron chi connectivity index (χ0n) is 16.0. The number of benzene rings is 2. The summed E-state index contributed by atoms with van der Waals surface area (Å²) in [6, 6.07) is 11.5. The Labute approximate surface area is 160 Å².